The highest BCUT2D eigenvalue weighted by Crippen LogP contribution is 2.42. The molecule has 18 heavy (non-hydrogen) atoms. The first-order valence-corrected chi connectivity index (χ1v) is 7.38. The van der Waals surface area contributed by atoms with Crippen LogP contribution < -0.4 is 4.90 Å². The van der Waals surface area contributed by atoms with Crippen LogP contribution >= 0.6 is 11.8 Å². The summed E-state index contributed by atoms with van der Waals surface area (Å²) in [5.41, 5.74) is 0.366. The second kappa shape index (κ2) is 5.33. The number of hydrogen-bond donors (Lipinski definition) is 1. The Morgan fingerprint density at radius 3 is 2.39 bits per heavy atom. The molecule has 1 saturated carbocycles. The zero-order valence-corrected chi connectivity index (χ0v) is 11.7. The van der Waals surface area contributed by atoms with Crippen molar-refractivity contribution in [2.45, 2.75) is 24.2 Å². The van der Waals surface area contributed by atoms with E-state index in [1.807, 2.05) is 30.5 Å². The van der Waals surface area contributed by atoms with Gasteiger partial charge in [0.25, 0.3) is 0 Å². The average Bonchev–Trinajstić information content (AvgIpc) is 2.37. The summed E-state index contributed by atoms with van der Waals surface area (Å²) < 4.78 is 0. The molecule has 1 aliphatic carbocycles. The van der Waals surface area contributed by atoms with Gasteiger partial charge in [0.2, 0.25) is 5.91 Å². The van der Waals surface area contributed by atoms with Crippen LogP contribution in [0, 0.1) is 5.41 Å². The fourth-order valence-corrected chi connectivity index (χ4v) is 2.73. The van der Waals surface area contributed by atoms with E-state index in [0.29, 0.717) is 0 Å². The summed E-state index contributed by atoms with van der Waals surface area (Å²) in [4.78, 5) is 15.2. The lowest BCUT2D eigenvalue weighted by Gasteiger charge is -2.41. The lowest BCUT2D eigenvalue weighted by Crippen LogP contribution is -2.49. The number of aliphatic hydroxyl groups excluding tert-OH is 1. The van der Waals surface area contributed by atoms with Crippen molar-refractivity contribution in [3.8, 4) is 0 Å². The maximum Gasteiger partial charge on any atom is 0.235 e. The van der Waals surface area contributed by atoms with Crippen molar-refractivity contribution < 1.29 is 9.90 Å². The highest BCUT2D eigenvalue weighted by atomic mass is 32.2. The van der Waals surface area contributed by atoms with Crippen molar-refractivity contribution in [3.05, 3.63) is 24.3 Å². The summed E-state index contributed by atoms with van der Waals surface area (Å²) in [7, 11) is 1.78. The Hall–Kier alpha value is -1.00. The number of amides is 1. The molecule has 0 heterocycles. The molecule has 1 N–H and O–H groups in total. The predicted molar refractivity (Wildman–Crippen MR) is 75.0 cm³/mol. The number of nitrogens with zero attached hydrogens (tertiary/aromatic N) is 1. The molecule has 1 aromatic rings. The molecule has 0 spiro atoms. The van der Waals surface area contributed by atoms with Crippen molar-refractivity contribution in [2.75, 3.05) is 24.8 Å². The molecule has 0 saturated heterocycles. The Morgan fingerprint density at radius 2 is 2.00 bits per heavy atom. The van der Waals surface area contributed by atoms with E-state index >= 15 is 0 Å². The van der Waals surface area contributed by atoms with Gasteiger partial charge >= 0.3 is 0 Å². The number of hydrogen-bond acceptors (Lipinski definition) is 3. The number of thioether (sulfide) groups is 1. The zero-order chi connectivity index (χ0) is 13.2. The van der Waals surface area contributed by atoms with Crippen molar-refractivity contribution in [1.82, 2.24) is 0 Å². The third-order valence-corrected chi connectivity index (χ3v) is 4.57. The number of rotatable bonds is 4. The van der Waals surface area contributed by atoms with Gasteiger partial charge in [-0.1, -0.05) is 6.42 Å². The SMILES string of the molecule is CSc1ccc(N(C)C(=O)C2(CO)CCC2)cc1. The molecule has 2 rings (SSSR count). The van der Waals surface area contributed by atoms with Crippen LogP contribution in [0.2, 0.25) is 0 Å². The summed E-state index contributed by atoms with van der Waals surface area (Å²) in [6.07, 6.45) is 4.66. The van der Waals surface area contributed by atoms with E-state index in [2.05, 4.69) is 0 Å². The van der Waals surface area contributed by atoms with Crippen LogP contribution in [0.3, 0.4) is 0 Å². The molecule has 1 fully saturated rings. The van der Waals surface area contributed by atoms with Gasteiger partial charge in [-0.3, -0.25) is 4.79 Å². The van der Waals surface area contributed by atoms with Crippen LogP contribution in [0.5, 0.6) is 0 Å². The topological polar surface area (TPSA) is 40.5 Å². The number of benzene rings is 1. The Kier molecular flexibility index (Phi) is 3.97. The molecular formula is C14H19NO2S. The minimum atomic E-state index is -0.521. The second-order valence-electron chi connectivity index (χ2n) is 4.85. The number of aliphatic hydroxyl groups is 1. The molecule has 1 amide bonds. The van der Waals surface area contributed by atoms with Crippen molar-refractivity contribution >= 4 is 23.4 Å². The molecular weight excluding hydrogens is 246 g/mol. The van der Waals surface area contributed by atoms with Crippen molar-refractivity contribution in [1.29, 1.82) is 0 Å². The quantitative estimate of drug-likeness (QED) is 0.851. The molecule has 0 unspecified atom stereocenters. The van der Waals surface area contributed by atoms with E-state index in [1.54, 1.807) is 23.7 Å². The van der Waals surface area contributed by atoms with E-state index in [1.165, 1.54) is 4.90 Å². The molecule has 1 aromatic carbocycles. The van der Waals surface area contributed by atoms with Gasteiger partial charge in [-0.15, -0.1) is 11.8 Å². The van der Waals surface area contributed by atoms with Crippen LogP contribution in [-0.2, 0) is 4.79 Å². The minimum absolute atomic E-state index is 0.0353. The van der Waals surface area contributed by atoms with Gasteiger partial charge in [0.15, 0.2) is 0 Å². The number of carbonyl (C=O) groups excluding carboxylic acids is 1. The third kappa shape index (κ3) is 2.27. The lowest BCUT2D eigenvalue weighted by atomic mass is 9.68. The fraction of sp³-hybridized carbons (Fsp3) is 0.500. The maximum atomic E-state index is 12.4. The molecule has 0 atom stereocenters. The lowest BCUT2D eigenvalue weighted by molar-refractivity contribution is -0.136. The second-order valence-corrected chi connectivity index (χ2v) is 5.73. The van der Waals surface area contributed by atoms with Gasteiger partial charge in [-0.2, -0.15) is 0 Å². The average molecular weight is 265 g/mol. The highest BCUT2D eigenvalue weighted by Gasteiger charge is 2.45. The van der Waals surface area contributed by atoms with E-state index in [4.69, 9.17) is 0 Å². The van der Waals surface area contributed by atoms with Crippen LogP contribution in [0.4, 0.5) is 5.69 Å². The summed E-state index contributed by atoms with van der Waals surface area (Å²) >= 11 is 1.68. The largest absolute Gasteiger partial charge is 0.395 e. The Balaban J connectivity index is 2.14. The molecule has 0 aromatic heterocycles. The standard InChI is InChI=1S/C14H19NO2S/c1-15(11-4-6-12(18-2)7-5-11)13(17)14(10-16)8-3-9-14/h4-7,16H,3,8-10H2,1-2H3. The molecule has 4 heteroatoms. The van der Waals surface area contributed by atoms with E-state index in [9.17, 15) is 9.90 Å². The summed E-state index contributed by atoms with van der Waals surface area (Å²) in [6.45, 7) is -0.0426. The zero-order valence-electron chi connectivity index (χ0n) is 10.8. The summed E-state index contributed by atoms with van der Waals surface area (Å²) in [6, 6.07) is 7.92. The van der Waals surface area contributed by atoms with Gasteiger partial charge in [-0.05, 0) is 43.4 Å². The Labute approximate surface area is 112 Å². The smallest absolute Gasteiger partial charge is 0.235 e. The van der Waals surface area contributed by atoms with Gasteiger partial charge in [-0.25, -0.2) is 0 Å². The molecule has 98 valence electrons. The molecule has 3 nitrogen and oxygen atoms in total. The molecule has 1 aliphatic rings. The van der Waals surface area contributed by atoms with E-state index in [-0.39, 0.29) is 12.5 Å². The fourth-order valence-electron chi connectivity index (χ4n) is 2.32. The van der Waals surface area contributed by atoms with Crippen molar-refractivity contribution in [2.24, 2.45) is 5.41 Å². The first-order valence-electron chi connectivity index (χ1n) is 6.16. The Bertz CT molecular complexity index is 420. The van der Waals surface area contributed by atoms with Crippen LogP contribution in [0.15, 0.2) is 29.2 Å². The van der Waals surface area contributed by atoms with Crippen LogP contribution in [-0.4, -0.2) is 30.9 Å². The normalized spacial score (nSPS) is 17.1. The van der Waals surface area contributed by atoms with Gasteiger partial charge < -0.3 is 10.0 Å². The number of carbonyl (C=O) groups is 1. The van der Waals surface area contributed by atoms with Crippen LogP contribution in [0.1, 0.15) is 19.3 Å². The highest BCUT2D eigenvalue weighted by molar-refractivity contribution is 7.98. The predicted octanol–water partition coefficient (Wildman–Crippen LogP) is 2.53. The van der Waals surface area contributed by atoms with E-state index < -0.39 is 5.41 Å². The van der Waals surface area contributed by atoms with Gasteiger partial charge in [0.1, 0.15) is 0 Å². The first kappa shape index (κ1) is 13.4. The monoisotopic (exact) mass is 265 g/mol. The van der Waals surface area contributed by atoms with Gasteiger partial charge in [0.05, 0.1) is 12.0 Å². The molecule has 0 radical (unpaired) electrons. The van der Waals surface area contributed by atoms with E-state index in [0.717, 1.165) is 24.9 Å². The molecule has 0 bridgehead atoms. The Morgan fingerprint density at radius 1 is 1.39 bits per heavy atom. The first-order chi connectivity index (χ1) is 8.63. The van der Waals surface area contributed by atoms with Crippen molar-refractivity contribution in [3.63, 3.8) is 0 Å². The third-order valence-electron chi connectivity index (χ3n) is 3.83. The molecule has 0 aliphatic heterocycles. The summed E-state index contributed by atoms with van der Waals surface area (Å²) in [5.74, 6) is 0.0353. The van der Waals surface area contributed by atoms with Crippen LogP contribution in [0.25, 0.3) is 0 Å². The number of anilines is 1. The maximum absolute atomic E-state index is 12.4. The van der Waals surface area contributed by atoms with Gasteiger partial charge in [0, 0.05) is 17.6 Å². The summed E-state index contributed by atoms with van der Waals surface area (Å²) in [5, 5.41) is 9.43. The minimum Gasteiger partial charge on any atom is -0.395 e.